The van der Waals surface area contributed by atoms with Crippen molar-refractivity contribution in [2.24, 2.45) is 0 Å². The zero-order valence-corrected chi connectivity index (χ0v) is 8.08. The molecule has 4 heteroatoms. The maximum atomic E-state index is 10.9. The molecule has 0 unspecified atom stereocenters. The predicted octanol–water partition coefficient (Wildman–Crippen LogP) is 2.16. The SMILES string of the molecule is CC1(NC(=O)NCl)CCCCC1. The van der Waals surface area contributed by atoms with Gasteiger partial charge in [-0.1, -0.05) is 19.3 Å². The molecule has 1 saturated carbocycles. The maximum absolute atomic E-state index is 10.9. The van der Waals surface area contributed by atoms with E-state index in [0.717, 1.165) is 12.8 Å². The lowest BCUT2D eigenvalue weighted by Crippen LogP contribution is -2.49. The van der Waals surface area contributed by atoms with Gasteiger partial charge < -0.3 is 5.32 Å². The highest BCUT2D eigenvalue weighted by atomic mass is 35.5. The van der Waals surface area contributed by atoms with Gasteiger partial charge >= 0.3 is 6.03 Å². The Morgan fingerprint density at radius 2 is 1.92 bits per heavy atom. The van der Waals surface area contributed by atoms with E-state index in [4.69, 9.17) is 11.8 Å². The van der Waals surface area contributed by atoms with Gasteiger partial charge in [-0.3, -0.25) is 0 Å². The summed E-state index contributed by atoms with van der Waals surface area (Å²) in [6, 6.07) is -0.291. The lowest BCUT2D eigenvalue weighted by atomic mass is 9.83. The van der Waals surface area contributed by atoms with Crippen molar-refractivity contribution in [3.05, 3.63) is 0 Å². The van der Waals surface area contributed by atoms with Crippen LogP contribution in [-0.2, 0) is 0 Å². The van der Waals surface area contributed by atoms with Crippen LogP contribution in [0.25, 0.3) is 0 Å². The second kappa shape index (κ2) is 3.99. The number of carbonyl (C=O) groups excluding carboxylic acids is 1. The van der Waals surface area contributed by atoms with Crippen LogP contribution < -0.4 is 10.2 Å². The van der Waals surface area contributed by atoms with Gasteiger partial charge in [0.15, 0.2) is 0 Å². The summed E-state index contributed by atoms with van der Waals surface area (Å²) in [6.45, 7) is 2.07. The second-order valence-corrected chi connectivity index (χ2v) is 3.86. The highest BCUT2D eigenvalue weighted by Gasteiger charge is 2.27. The molecule has 0 aromatic heterocycles. The van der Waals surface area contributed by atoms with Crippen LogP contribution in [0.1, 0.15) is 39.0 Å². The van der Waals surface area contributed by atoms with E-state index >= 15 is 0 Å². The summed E-state index contributed by atoms with van der Waals surface area (Å²) < 4.78 is 0. The van der Waals surface area contributed by atoms with E-state index in [1.807, 2.05) is 0 Å². The van der Waals surface area contributed by atoms with E-state index in [2.05, 4.69) is 17.1 Å². The van der Waals surface area contributed by atoms with E-state index in [9.17, 15) is 4.79 Å². The minimum Gasteiger partial charge on any atom is -0.332 e. The fourth-order valence-electron chi connectivity index (χ4n) is 1.75. The zero-order chi connectivity index (χ0) is 9.03. The van der Waals surface area contributed by atoms with Crippen LogP contribution in [0.2, 0.25) is 0 Å². The number of amides is 2. The molecule has 12 heavy (non-hydrogen) atoms. The molecule has 1 aliphatic rings. The molecular weight excluding hydrogens is 176 g/mol. The molecule has 0 bridgehead atoms. The molecule has 1 rings (SSSR count). The minimum absolute atomic E-state index is 0.0444. The quantitative estimate of drug-likeness (QED) is 0.612. The van der Waals surface area contributed by atoms with Crippen molar-refractivity contribution in [2.75, 3.05) is 0 Å². The Morgan fingerprint density at radius 3 is 2.42 bits per heavy atom. The van der Waals surface area contributed by atoms with E-state index in [0.29, 0.717) is 0 Å². The molecule has 1 fully saturated rings. The van der Waals surface area contributed by atoms with Crippen molar-refractivity contribution >= 4 is 17.8 Å². The second-order valence-electron chi connectivity index (χ2n) is 3.67. The van der Waals surface area contributed by atoms with Crippen molar-refractivity contribution < 1.29 is 4.79 Å². The Labute approximate surface area is 78.0 Å². The minimum atomic E-state index is -0.291. The van der Waals surface area contributed by atoms with Gasteiger partial charge in [0.25, 0.3) is 0 Å². The Balaban J connectivity index is 2.41. The Kier molecular flexibility index (Phi) is 3.20. The molecule has 2 N–H and O–H groups in total. The number of hydrogen-bond donors (Lipinski definition) is 2. The van der Waals surface area contributed by atoms with Crippen molar-refractivity contribution in [3.63, 3.8) is 0 Å². The van der Waals surface area contributed by atoms with E-state index in [-0.39, 0.29) is 11.6 Å². The van der Waals surface area contributed by atoms with Gasteiger partial charge in [-0.05, 0) is 19.8 Å². The maximum Gasteiger partial charge on any atom is 0.329 e. The molecule has 0 aromatic rings. The molecule has 1 aliphatic carbocycles. The number of hydrogen-bond acceptors (Lipinski definition) is 1. The predicted molar refractivity (Wildman–Crippen MR) is 49.0 cm³/mol. The number of carbonyl (C=O) groups is 1. The molecule has 70 valence electrons. The summed E-state index contributed by atoms with van der Waals surface area (Å²) >= 11 is 5.17. The smallest absolute Gasteiger partial charge is 0.329 e. The summed E-state index contributed by atoms with van der Waals surface area (Å²) in [5, 5.41) is 2.86. The van der Waals surface area contributed by atoms with Crippen LogP contribution in [0.15, 0.2) is 0 Å². The lowest BCUT2D eigenvalue weighted by Gasteiger charge is -2.33. The summed E-state index contributed by atoms with van der Waals surface area (Å²) in [5.41, 5.74) is -0.0444. The van der Waals surface area contributed by atoms with Crippen LogP contribution in [0.5, 0.6) is 0 Å². The molecule has 2 amide bonds. The average Bonchev–Trinajstić information content (AvgIpc) is 2.05. The summed E-state index contributed by atoms with van der Waals surface area (Å²) in [6.07, 6.45) is 5.77. The van der Waals surface area contributed by atoms with Crippen LogP contribution in [0.4, 0.5) is 4.79 Å². The van der Waals surface area contributed by atoms with Crippen molar-refractivity contribution in [1.82, 2.24) is 10.2 Å². The van der Waals surface area contributed by atoms with Crippen molar-refractivity contribution in [3.8, 4) is 0 Å². The largest absolute Gasteiger partial charge is 0.332 e. The fourth-order valence-corrected chi connectivity index (χ4v) is 1.80. The van der Waals surface area contributed by atoms with Gasteiger partial charge in [0.2, 0.25) is 0 Å². The van der Waals surface area contributed by atoms with Gasteiger partial charge in [-0.25, -0.2) is 9.63 Å². The molecule has 0 atom stereocenters. The summed E-state index contributed by atoms with van der Waals surface area (Å²) in [4.78, 5) is 13.0. The summed E-state index contributed by atoms with van der Waals surface area (Å²) in [7, 11) is 0. The number of halogens is 1. The Bertz CT molecular complexity index is 166. The lowest BCUT2D eigenvalue weighted by molar-refractivity contribution is 0.216. The van der Waals surface area contributed by atoms with Crippen LogP contribution in [0, 0.1) is 0 Å². The first-order chi connectivity index (χ1) is 5.66. The first kappa shape index (κ1) is 9.65. The average molecular weight is 191 g/mol. The first-order valence-electron chi connectivity index (χ1n) is 4.35. The Hall–Kier alpha value is -0.440. The molecule has 0 aliphatic heterocycles. The highest BCUT2D eigenvalue weighted by Crippen LogP contribution is 2.27. The van der Waals surface area contributed by atoms with Crippen LogP contribution in [-0.4, -0.2) is 11.6 Å². The van der Waals surface area contributed by atoms with Gasteiger partial charge in [-0.2, -0.15) is 0 Å². The third-order valence-corrected chi connectivity index (χ3v) is 2.63. The zero-order valence-electron chi connectivity index (χ0n) is 7.32. The first-order valence-corrected chi connectivity index (χ1v) is 4.73. The monoisotopic (exact) mass is 190 g/mol. The third-order valence-electron chi connectivity index (χ3n) is 2.46. The van der Waals surface area contributed by atoms with Crippen LogP contribution >= 0.6 is 11.8 Å². The molecular formula is C8H15ClN2O. The standard InChI is InChI=1S/C8H15ClN2O/c1-8(10-7(12)11-9)5-3-2-4-6-8/h2-6H2,1H3,(H2,10,11,12). The van der Waals surface area contributed by atoms with Gasteiger partial charge in [0, 0.05) is 17.3 Å². The van der Waals surface area contributed by atoms with Crippen molar-refractivity contribution in [1.29, 1.82) is 0 Å². The van der Waals surface area contributed by atoms with E-state index < -0.39 is 0 Å². The number of urea groups is 1. The van der Waals surface area contributed by atoms with Crippen molar-refractivity contribution in [2.45, 2.75) is 44.6 Å². The summed E-state index contributed by atoms with van der Waals surface area (Å²) in [5.74, 6) is 0. The topological polar surface area (TPSA) is 41.1 Å². The normalized spacial score (nSPS) is 21.5. The van der Waals surface area contributed by atoms with Crippen LogP contribution in [0.3, 0.4) is 0 Å². The Morgan fingerprint density at radius 1 is 1.33 bits per heavy atom. The van der Waals surface area contributed by atoms with Gasteiger partial charge in [0.05, 0.1) is 0 Å². The molecule has 0 saturated heterocycles. The van der Waals surface area contributed by atoms with E-state index in [1.165, 1.54) is 19.3 Å². The third kappa shape index (κ3) is 2.55. The highest BCUT2D eigenvalue weighted by molar-refractivity contribution is 6.21. The fraction of sp³-hybridized carbons (Fsp3) is 0.875. The number of rotatable bonds is 1. The van der Waals surface area contributed by atoms with Gasteiger partial charge in [0.1, 0.15) is 0 Å². The van der Waals surface area contributed by atoms with Gasteiger partial charge in [-0.15, -0.1) is 0 Å². The van der Waals surface area contributed by atoms with E-state index in [1.54, 1.807) is 0 Å². The molecule has 0 radical (unpaired) electrons. The molecule has 3 nitrogen and oxygen atoms in total. The molecule has 0 heterocycles. The molecule has 0 spiro atoms. The number of nitrogens with one attached hydrogen (secondary N) is 2. The molecule has 0 aromatic carbocycles.